The second kappa shape index (κ2) is 59.9. The van der Waals surface area contributed by atoms with Gasteiger partial charge in [0.15, 0.2) is 0 Å². The maximum Gasteiger partial charge on any atom is 1.00 e. The van der Waals surface area contributed by atoms with Gasteiger partial charge in [-0.2, -0.15) is 8.42 Å². The fourth-order valence-corrected chi connectivity index (χ4v) is 13.8. The topological polar surface area (TPSA) is 473 Å². The molecule has 2 saturated heterocycles. The molecular formula is C85H126B9BrLiN11NaO24S-. The number of fused-ring (bicyclic) bond motifs is 6. The van der Waals surface area contributed by atoms with Crippen molar-refractivity contribution in [3.8, 4) is 24.7 Å². The Morgan fingerprint density at radius 3 is 1.37 bits per heavy atom. The van der Waals surface area contributed by atoms with E-state index < -0.39 is 77.4 Å². The predicted octanol–water partition coefficient (Wildman–Crippen LogP) is 3.75. The summed E-state index contributed by atoms with van der Waals surface area (Å²) < 4.78 is 72.4. The Hall–Kier alpha value is -7.08. The maximum atomic E-state index is 13.1. The molecule has 4 aromatic heterocycles. The molecule has 2 aliphatic carbocycles. The standard InChI is InChI=1S/C24H27B2N4O5.C16H12BrN3O3.C14H27B3NO4.C10H19NO4.C8H14B2NO2.C7H12O3S.C6H12BO2.B.Li.H2NO.Na.H/c1-26(34)30(25-15-31)8-6-4-3-5-7-16-9-19-21(28-13-16)29-23(33)24(19)11-17-10-18(22(32)35-2)14-27-20(17)12-24;1-23-14(21)9-2-8-4-16(5-12(8)18-6-9)11-3-10(17)7-19-13(11)20-15(16)22;1-13(2)14(3,4)22-17(21-13)10-8-6-7-9-11-18(15-12-19)16(5)20;1-9(2,3)14-7(12)11-8(13)15-10(4,5)6;1-3-4-5-6-7-11(9-8-12)10(2)13;1-3-4-5-6-7-10-11(2,8)9;1-5(2)6(3,4)9-7-8-5;;;1-2;;/h5,7,9-10,13-15,34H,3-4,6,8,11-12H2,1-2H3,(H,28,29,33);2-3,6-7H,4-5H2,1H3,(H,19,20,22);8,10,12,20H,6-7,9,11H2,1-5H3;1-6H3,(H,11,12,13);1,8,13H,4-7H2,2H3;1H,4-7H2,2H3;1-4H3;;;1-2H;;/q;;;;;;;-1;+1;-1;+1;-1/b7-5+;;10-8+;;;;;;;;;/t24-;16-;;;;;;;;;;/m00........../s1. The van der Waals surface area contributed by atoms with Crippen molar-refractivity contribution in [3.63, 3.8) is 0 Å². The maximum absolute atomic E-state index is 13.1. The molecule has 0 aromatic carbocycles. The number of methoxy groups -OCH3 is 2. The number of anilines is 2. The Morgan fingerprint density at radius 2 is 1.01 bits per heavy atom. The zero-order valence-corrected chi connectivity index (χ0v) is 85.4. The molecule has 2 fully saturated rings. The number of nitrogens with one attached hydrogen (secondary N) is 4. The first kappa shape index (κ1) is 126. The third kappa shape index (κ3) is 42.0. The molecule has 2 spiro atoms. The molecule has 708 valence electrons. The fourth-order valence-electron chi connectivity index (χ4n) is 13.0. The van der Waals surface area contributed by atoms with Crippen molar-refractivity contribution in [3.05, 3.63) is 128 Å². The molecule has 4 aliphatic heterocycles. The summed E-state index contributed by atoms with van der Waals surface area (Å²) in [5, 5.41) is 42.3. The summed E-state index contributed by atoms with van der Waals surface area (Å²) in [6.07, 6.45) is 36.0. The second-order valence-corrected chi connectivity index (χ2v) is 37.4. The largest absolute Gasteiger partial charge is 1.00 e. The first-order valence-corrected chi connectivity index (χ1v) is 45.1. The van der Waals surface area contributed by atoms with E-state index in [-0.39, 0.29) is 106 Å². The third-order valence-corrected chi connectivity index (χ3v) is 22.3. The number of nitrogens with zero attached hydrogens (tertiary/aromatic N) is 7. The summed E-state index contributed by atoms with van der Waals surface area (Å²) in [6.45, 7) is 33.5. The van der Waals surface area contributed by atoms with Crippen LogP contribution in [-0.2, 0) is 112 Å². The number of unbranched alkanes of at least 4 members (excludes halogenated alkanes) is 8. The van der Waals surface area contributed by atoms with Gasteiger partial charge in [-0.15, -0.1) is 24.7 Å². The van der Waals surface area contributed by atoms with Crippen LogP contribution in [0.4, 0.5) is 21.2 Å². The average molecular weight is 1930 g/mol. The number of pyridine rings is 4. The van der Waals surface area contributed by atoms with Crippen LogP contribution in [0.1, 0.15) is 235 Å². The molecule has 10 rings (SSSR count). The van der Waals surface area contributed by atoms with Crippen LogP contribution in [0.5, 0.6) is 0 Å². The van der Waals surface area contributed by atoms with Gasteiger partial charge in [0.2, 0.25) is 11.8 Å². The molecule has 4 aromatic rings. The second-order valence-electron chi connectivity index (χ2n) is 34.9. The summed E-state index contributed by atoms with van der Waals surface area (Å²) in [4.78, 5) is 120. The number of halogens is 1. The molecule has 8 heterocycles. The monoisotopic (exact) mass is 1920 g/mol. The van der Waals surface area contributed by atoms with Gasteiger partial charge >= 0.3 is 108 Å². The minimum Gasteiger partial charge on any atom is -1.00 e. The van der Waals surface area contributed by atoms with E-state index in [1.54, 1.807) is 101 Å². The number of terminal acetylenes is 2. The van der Waals surface area contributed by atoms with Gasteiger partial charge in [0, 0.05) is 77.5 Å². The first-order valence-electron chi connectivity index (χ1n) is 42.5. The fraction of sp³-hybridized carbons (Fsp3) is 0.565. The molecule has 4 amide bonds. The van der Waals surface area contributed by atoms with E-state index >= 15 is 0 Å². The SMILES string of the molecule is C#CCCCCN([B]C=O)B(C)O.C#CCCCCOS(C)(=O)=O.CB(O)N([B]C=O)CCCC/C=C/B1OC(C)(C)C(C)(C)O1.CC(C)(C)OC(=O)NC(=O)OC(C)(C)C.CC1(C)O[B]OC1(C)C.COC(=O)c1cnc2c(c1)C[C@@]1(C2)C(=O)Nc2ncc(/C=C/CCCCN([B]C=O)B(C)O)cc21.COC(=O)c1cnc2c(c1)C[C@@]1(C2)C(=O)Nc2ncc(Br)cc21.[B-].[H-].[Li+].[NH-]O.[Na+]. The molecule has 8 N–H and O–H groups in total. The zero-order chi connectivity index (χ0) is 98.2. The number of hydrogen-bond acceptors (Lipinski definition) is 31. The molecule has 48 heteroatoms. The molecule has 35 nitrogen and oxygen atoms in total. The first-order chi connectivity index (χ1) is 60.8. The zero-order valence-electron chi connectivity index (χ0n) is 82.0. The van der Waals surface area contributed by atoms with Crippen LogP contribution >= 0.6 is 15.9 Å². The molecule has 0 saturated carbocycles. The molecular weight excluding hydrogens is 1800 g/mol. The van der Waals surface area contributed by atoms with Crippen LogP contribution in [-0.4, -0.2) is 264 Å². The number of aromatic nitrogens is 4. The number of ether oxygens (including phenoxy) is 4. The Balaban J connectivity index is 0. The Kier molecular flexibility index (Phi) is 56.7. The van der Waals surface area contributed by atoms with Crippen molar-refractivity contribution in [2.45, 2.75) is 265 Å². The molecule has 2 atom stereocenters. The van der Waals surface area contributed by atoms with E-state index in [4.69, 9.17) is 61.5 Å². The summed E-state index contributed by atoms with van der Waals surface area (Å²) in [5.41, 5.74) is 3.07. The summed E-state index contributed by atoms with van der Waals surface area (Å²) in [5.74, 6) is 11.8. The van der Waals surface area contributed by atoms with Gasteiger partial charge in [-0.3, -0.25) is 23.7 Å². The van der Waals surface area contributed by atoms with E-state index in [2.05, 4.69) is 74.7 Å². The molecule has 0 bridgehead atoms. The van der Waals surface area contributed by atoms with E-state index in [0.717, 1.165) is 114 Å². The van der Waals surface area contributed by atoms with Crippen LogP contribution in [0.3, 0.4) is 0 Å². The normalized spacial score (nSPS) is 16.9. The van der Waals surface area contributed by atoms with E-state index in [1.807, 2.05) is 84.9 Å². The summed E-state index contributed by atoms with van der Waals surface area (Å²) in [7, 11) is 2.67. The van der Waals surface area contributed by atoms with Gasteiger partial charge in [-0.05, 0) is 271 Å². The molecule has 8 radical (unpaired) electrons. The molecule has 6 aliphatic rings. The predicted molar refractivity (Wildman–Crippen MR) is 515 cm³/mol. The average Bonchev–Trinajstić information content (AvgIpc) is 1.57. The van der Waals surface area contributed by atoms with Crippen LogP contribution < -0.4 is 64.4 Å². The van der Waals surface area contributed by atoms with Crippen LogP contribution in [0.15, 0.2) is 71.7 Å². The van der Waals surface area contributed by atoms with Gasteiger partial charge in [-0.25, -0.2) is 34.5 Å². The minimum absolute atomic E-state index is 0. The molecule has 133 heavy (non-hydrogen) atoms. The van der Waals surface area contributed by atoms with Gasteiger partial charge in [0.25, 0.3) is 32.4 Å². The number of alkyl carbamates (subject to hydrolysis) is 2. The third-order valence-electron chi connectivity index (χ3n) is 21.3. The van der Waals surface area contributed by atoms with Gasteiger partial charge in [0.1, 0.15) is 22.8 Å². The molecule has 0 unspecified atom stereocenters. The van der Waals surface area contributed by atoms with Crippen molar-refractivity contribution in [2.24, 2.45) is 0 Å². The number of carbonyl (C=O) groups excluding carboxylic acids is 9. The van der Waals surface area contributed by atoms with Crippen LogP contribution in [0.2, 0.25) is 20.5 Å². The smallest absolute Gasteiger partial charge is 1.00 e. The quantitative estimate of drug-likeness (QED) is 0.00535. The van der Waals surface area contributed by atoms with E-state index in [9.17, 15) is 66.6 Å². The minimum atomic E-state index is -3.26. The Morgan fingerprint density at radius 1 is 0.624 bits per heavy atom. The van der Waals surface area contributed by atoms with Crippen molar-refractivity contribution in [2.75, 3.05) is 57.4 Å². The Bertz CT molecular complexity index is 4640. The van der Waals surface area contributed by atoms with Crippen molar-refractivity contribution < 1.29 is 163 Å². The van der Waals surface area contributed by atoms with Crippen LogP contribution in [0.25, 0.3) is 12.0 Å². The number of hydrogen-bond donors (Lipinski definition) is 7. The number of allylic oxidation sites excluding steroid dienone is 2. The van der Waals surface area contributed by atoms with E-state index in [0.29, 0.717) is 99.5 Å². The number of amides is 4. The van der Waals surface area contributed by atoms with Crippen molar-refractivity contribution >= 4 is 165 Å². The number of carbonyl (C=O) groups is 9. The van der Waals surface area contributed by atoms with Gasteiger partial charge in [-0.1, -0.05) is 24.2 Å². The number of esters is 2. The van der Waals surface area contributed by atoms with Crippen molar-refractivity contribution in [1.82, 2.24) is 39.4 Å². The summed E-state index contributed by atoms with van der Waals surface area (Å²) in [6, 6.07) is 7.45. The van der Waals surface area contributed by atoms with Gasteiger partial charge in [0.05, 0.1) is 90.0 Å². The number of imide groups is 1. The van der Waals surface area contributed by atoms with Gasteiger partial charge < -0.3 is 113 Å². The number of rotatable bonds is 32. The van der Waals surface area contributed by atoms with E-state index in [1.165, 1.54) is 56.5 Å². The Labute approximate surface area is 836 Å². The summed E-state index contributed by atoms with van der Waals surface area (Å²) >= 11 is 3.41. The van der Waals surface area contributed by atoms with Crippen LogP contribution in [0, 0.1) is 24.7 Å². The van der Waals surface area contributed by atoms with Crippen molar-refractivity contribution in [1.29, 1.82) is 0 Å².